The highest BCUT2D eigenvalue weighted by Crippen LogP contribution is 2.36. The summed E-state index contributed by atoms with van der Waals surface area (Å²) in [5.41, 5.74) is 1.42. The van der Waals surface area contributed by atoms with Crippen molar-refractivity contribution >= 4 is 23.2 Å². The first-order chi connectivity index (χ1) is 14.2. The molecule has 1 aromatic heterocycles. The highest BCUT2D eigenvalue weighted by atomic mass is 32.1. The molecule has 0 radical (unpaired) electrons. The fraction of sp³-hybridized carbons (Fsp3) is 0.700. The predicted molar refractivity (Wildman–Crippen MR) is 105 cm³/mol. The zero-order valence-electron chi connectivity index (χ0n) is 16.6. The van der Waals surface area contributed by atoms with Gasteiger partial charge in [0.1, 0.15) is 0 Å². The zero-order valence-corrected chi connectivity index (χ0v) is 17.4. The van der Waals surface area contributed by atoms with E-state index in [1.807, 2.05) is 0 Å². The second-order valence-corrected chi connectivity index (χ2v) is 8.99. The summed E-state index contributed by atoms with van der Waals surface area (Å²) >= 11 is 1.77. The van der Waals surface area contributed by atoms with E-state index >= 15 is 0 Å². The van der Waals surface area contributed by atoms with Crippen LogP contribution in [0.3, 0.4) is 0 Å². The lowest BCUT2D eigenvalue weighted by atomic mass is 9.83. The number of aliphatic carboxylic acids is 1. The Morgan fingerprint density at radius 3 is 2.63 bits per heavy atom. The first-order valence-electron chi connectivity index (χ1n) is 10.1. The van der Waals surface area contributed by atoms with Crippen LogP contribution in [0.2, 0.25) is 0 Å². The van der Waals surface area contributed by atoms with E-state index in [1.54, 1.807) is 11.3 Å². The van der Waals surface area contributed by atoms with E-state index < -0.39 is 12.1 Å². The average Bonchev–Trinajstić information content (AvgIpc) is 3.23. The minimum absolute atomic E-state index is 0.141. The number of ether oxygens (including phenoxy) is 1. The van der Waals surface area contributed by atoms with Gasteiger partial charge < -0.3 is 15.2 Å². The molecule has 0 aromatic carbocycles. The van der Waals surface area contributed by atoms with Gasteiger partial charge in [0.15, 0.2) is 0 Å². The summed E-state index contributed by atoms with van der Waals surface area (Å²) in [4.78, 5) is 23.5. The molecule has 3 atom stereocenters. The molecule has 30 heavy (non-hydrogen) atoms. The molecule has 3 aliphatic rings. The number of halogens is 3. The molecule has 0 unspecified atom stereocenters. The van der Waals surface area contributed by atoms with Crippen molar-refractivity contribution in [3.05, 3.63) is 22.4 Å². The minimum Gasteiger partial charge on any atom is -0.475 e. The molecule has 10 heteroatoms. The molecule has 2 aliphatic heterocycles. The Morgan fingerprint density at radius 2 is 2.03 bits per heavy atom. The summed E-state index contributed by atoms with van der Waals surface area (Å²) in [6.45, 7) is 4.99. The van der Waals surface area contributed by atoms with E-state index in [2.05, 4.69) is 27.0 Å². The van der Waals surface area contributed by atoms with Gasteiger partial charge in [-0.15, -0.1) is 0 Å². The molecule has 3 heterocycles. The van der Waals surface area contributed by atoms with Gasteiger partial charge in [0.25, 0.3) is 0 Å². The number of nitrogens with one attached hydrogen (secondary N) is 1. The molecule has 3 fully saturated rings. The molecule has 1 aliphatic carbocycles. The number of carboxylic acid groups (broad SMARTS) is 1. The Bertz CT molecular complexity index is 709. The molecular formula is C20H27F3N2O4S. The molecule has 4 rings (SSSR count). The number of fused-ring (bicyclic) bond motifs is 1. The summed E-state index contributed by atoms with van der Waals surface area (Å²) in [7, 11) is 0. The van der Waals surface area contributed by atoms with E-state index in [9.17, 15) is 18.0 Å². The number of carbonyl (C=O) groups is 2. The molecular weight excluding hydrogens is 421 g/mol. The van der Waals surface area contributed by atoms with Gasteiger partial charge in [0, 0.05) is 25.6 Å². The van der Waals surface area contributed by atoms with Crippen LogP contribution in [-0.4, -0.2) is 60.4 Å². The Morgan fingerprint density at radius 1 is 1.30 bits per heavy atom. The molecule has 0 spiro atoms. The van der Waals surface area contributed by atoms with Gasteiger partial charge >= 0.3 is 12.1 Å². The van der Waals surface area contributed by atoms with Crippen molar-refractivity contribution in [2.45, 2.75) is 44.5 Å². The van der Waals surface area contributed by atoms with Gasteiger partial charge in [-0.3, -0.25) is 9.69 Å². The number of piperidine rings is 1. The number of alkyl halides is 3. The highest BCUT2D eigenvalue weighted by Gasteiger charge is 2.41. The molecule has 6 nitrogen and oxygen atoms in total. The molecule has 0 bridgehead atoms. The quantitative estimate of drug-likeness (QED) is 0.699. The maximum Gasteiger partial charge on any atom is 0.490 e. The third-order valence-electron chi connectivity index (χ3n) is 5.78. The van der Waals surface area contributed by atoms with Crippen molar-refractivity contribution in [3.63, 3.8) is 0 Å². The van der Waals surface area contributed by atoms with E-state index in [1.165, 1.54) is 18.4 Å². The number of nitrogens with zero attached hydrogens (tertiary/aromatic N) is 1. The monoisotopic (exact) mass is 448 g/mol. The topological polar surface area (TPSA) is 78.9 Å². The summed E-state index contributed by atoms with van der Waals surface area (Å²) in [6.07, 6.45) is -0.661. The lowest BCUT2D eigenvalue weighted by molar-refractivity contribution is -0.192. The molecule has 1 saturated carbocycles. The van der Waals surface area contributed by atoms with E-state index in [0.29, 0.717) is 18.3 Å². The van der Waals surface area contributed by atoms with Crippen molar-refractivity contribution in [1.29, 1.82) is 0 Å². The lowest BCUT2D eigenvalue weighted by Gasteiger charge is -2.35. The van der Waals surface area contributed by atoms with Gasteiger partial charge in [-0.2, -0.15) is 24.5 Å². The number of amides is 1. The summed E-state index contributed by atoms with van der Waals surface area (Å²) in [5.74, 6) is -0.656. The van der Waals surface area contributed by atoms with Crippen LogP contribution in [0, 0.1) is 17.8 Å². The number of thiophene rings is 1. The molecule has 1 aromatic rings. The van der Waals surface area contributed by atoms with Gasteiger partial charge in [-0.05, 0) is 60.0 Å². The van der Waals surface area contributed by atoms with Crippen molar-refractivity contribution in [3.8, 4) is 0 Å². The van der Waals surface area contributed by atoms with E-state index in [-0.39, 0.29) is 12.0 Å². The number of carboxylic acids is 1. The number of hydrogen-bond donors (Lipinski definition) is 2. The van der Waals surface area contributed by atoms with Crippen LogP contribution in [0.4, 0.5) is 13.2 Å². The van der Waals surface area contributed by atoms with Crippen LogP contribution in [0.1, 0.15) is 31.2 Å². The Kier molecular flexibility index (Phi) is 7.75. The maximum absolute atomic E-state index is 12.1. The first kappa shape index (κ1) is 23.0. The van der Waals surface area contributed by atoms with Gasteiger partial charge in [-0.25, -0.2) is 4.79 Å². The van der Waals surface area contributed by atoms with E-state index in [0.717, 1.165) is 45.1 Å². The van der Waals surface area contributed by atoms with Crippen LogP contribution >= 0.6 is 11.3 Å². The van der Waals surface area contributed by atoms with Gasteiger partial charge in [-0.1, -0.05) is 0 Å². The molecule has 2 saturated heterocycles. The first-order valence-corrected chi connectivity index (χ1v) is 11.1. The SMILES string of the molecule is O=C(C[C@@H]1OC[C@H]2CN(Cc3ccsc3)CC[C@H]21)NCC1CC1.O=C(O)C(F)(F)F. The van der Waals surface area contributed by atoms with Crippen LogP contribution in [-0.2, 0) is 20.9 Å². The number of likely N-dealkylation sites (tertiary alicyclic amines) is 1. The van der Waals surface area contributed by atoms with Crippen molar-refractivity contribution < 1.29 is 32.6 Å². The third-order valence-corrected chi connectivity index (χ3v) is 6.51. The summed E-state index contributed by atoms with van der Waals surface area (Å²) in [5, 5.41) is 14.6. The second kappa shape index (κ2) is 10.1. The molecule has 168 valence electrons. The van der Waals surface area contributed by atoms with Crippen LogP contribution in [0.15, 0.2) is 16.8 Å². The predicted octanol–water partition coefficient (Wildman–Crippen LogP) is 3.13. The smallest absolute Gasteiger partial charge is 0.475 e. The Balaban J connectivity index is 0.000000318. The second-order valence-electron chi connectivity index (χ2n) is 8.21. The van der Waals surface area contributed by atoms with Crippen molar-refractivity contribution in [2.75, 3.05) is 26.2 Å². The number of carbonyl (C=O) groups excluding carboxylic acids is 1. The fourth-order valence-electron chi connectivity index (χ4n) is 3.99. The highest BCUT2D eigenvalue weighted by molar-refractivity contribution is 7.07. The Labute approximate surface area is 177 Å². The number of hydrogen-bond acceptors (Lipinski definition) is 5. The van der Waals surface area contributed by atoms with Crippen molar-refractivity contribution in [2.24, 2.45) is 17.8 Å². The average molecular weight is 449 g/mol. The zero-order chi connectivity index (χ0) is 21.7. The minimum atomic E-state index is -5.08. The van der Waals surface area contributed by atoms with Gasteiger partial charge in [0.2, 0.25) is 5.91 Å². The van der Waals surface area contributed by atoms with E-state index in [4.69, 9.17) is 14.6 Å². The fourth-order valence-corrected chi connectivity index (χ4v) is 4.65. The van der Waals surface area contributed by atoms with Crippen LogP contribution < -0.4 is 5.32 Å². The lowest BCUT2D eigenvalue weighted by Crippen LogP contribution is -2.41. The standard InChI is InChI=1S/C18H26N2O2S.C2HF3O2/c21-18(19-8-13-1-2-13)7-17-16-3-5-20(10-15(16)11-22-17)9-14-4-6-23-12-14;3-2(4,5)1(6)7/h4,6,12-13,15-17H,1-3,5,7-11H2,(H,19,21);(H,6,7)/t15-,16-,17+;/m1./s1. The van der Waals surface area contributed by atoms with Crippen LogP contribution in [0.5, 0.6) is 0 Å². The molecule has 2 N–H and O–H groups in total. The molecule has 1 amide bonds. The number of rotatable bonds is 6. The van der Waals surface area contributed by atoms with Crippen molar-refractivity contribution in [1.82, 2.24) is 10.2 Å². The normalized spacial score (nSPS) is 26.4. The largest absolute Gasteiger partial charge is 0.490 e. The summed E-state index contributed by atoms with van der Waals surface area (Å²) < 4.78 is 37.7. The van der Waals surface area contributed by atoms with Gasteiger partial charge in [0.05, 0.1) is 19.1 Å². The summed E-state index contributed by atoms with van der Waals surface area (Å²) in [6, 6.07) is 2.22. The maximum atomic E-state index is 12.1. The van der Waals surface area contributed by atoms with Crippen LogP contribution in [0.25, 0.3) is 0 Å². The third kappa shape index (κ3) is 6.95. The Hall–Kier alpha value is -1.65.